The van der Waals surface area contributed by atoms with Crippen LogP contribution in [0.5, 0.6) is 5.75 Å². The number of nitrogens with one attached hydrogen (secondary N) is 1. The van der Waals surface area contributed by atoms with Crippen LogP contribution in [0.1, 0.15) is 31.9 Å². The molecule has 0 aliphatic heterocycles. The molecule has 1 rings (SSSR count). The van der Waals surface area contributed by atoms with Crippen molar-refractivity contribution in [2.75, 3.05) is 19.8 Å². The van der Waals surface area contributed by atoms with Gasteiger partial charge in [-0.05, 0) is 44.5 Å². The third-order valence-corrected chi connectivity index (χ3v) is 2.49. The molecule has 2 N–H and O–H groups in total. The van der Waals surface area contributed by atoms with Crippen molar-refractivity contribution in [2.24, 2.45) is 0 Å². The largest absolute Gasteiger partial charge is 0.508 e. The van der Waals surface area contributed by atoms with E-state index in [1.54, 1.807) is 12.1 Å². The highest BCUT2D eigenvalue weighted by molar-refractivity contribution is 5.28. The Bertz CT molecular complexity index is 302. The van der Waals surface area contributed by atoms with Gasteiger partial charge < -0.3 is 15.2 Å². The van der Waals surface area contributed by atoms with E-state index < -0.39 is 0 Å². The fraction of sp³-hybridized carbons (Fsp3) is 0.538. The van der Waals surface area contributed by atoms with Crippen molar-refractivity contribution in [3.05, 3.63) is 29.8 Å². The fourth-order valence-electron chi connectivity index (χ4n) is 1.55. The van der Waals surface area contributed by atoms with E-state index in [1.807, 2.05) is 19.1 Å². The smallest absolute Gasteiger partial charge is 0.115 e. The lowest BCUT2D eigenvalue weighted by molar-refractivity contribution is 0.144. The summed E-state index contributed by atoms with van der Waals surface area (Å²) in [5.41, 5.74) is 1.11. The molecule has 0 spiro atoms. The van der Waals surface area contributed by atoms with Crippen LogP contribution >= 0.6 is 0 Å². The summed E-state index contributed by atoms with van der Waals surface area (Å²) in [7, 11) is 0. The summed E-state index contributed by atoms with van der Waals surface area (Å²) in [6.07, 6.45) is 1.01. The number of phenolic OH excluding ortho intramolecular Hbond substituents is 1. The zero-order valence-electron chi connectivity index (χ0n) is 10.1. The van der Waals surface area contributed by atoms with Gasteiger partial charge >= 0.3 is 0 Å². The first kappa shape index (κ1) is 13.0. The number of hydrogen-bond donors (Lipinski definition) is 2. The molecule has 3 nitrogen and oxygen atoms in total. The summed E-state index contributed by atoms with van der Waals surface area (Å²) in [6.45, 7) is 6.60. The average Bonchev–Trinajstić information content (AvgIpc) is 2.28. The quantitative estimate of drug-likeness (QED) is 0.698. The lowest BCUT2D eigenvalue weighted by Gasteiger charge is -2.14. The van der Waals surface area contributed by atoms with Crippen LogP contribution in [0, 0.1) is 0 Å². The molecule has 1 aromatic rings. The van der Waals surface area contributed by atoms with E-state index in [1.165, 1.54) is 0 Å². The first-order valence-corrected chi connectivity index (χ1v) is 5.84. The van der Waals surface area contributed by atoms with E-state index in [0.717, 1.165) is 31.7 Å². The predicted molar refractivity (Wildman–Crippen MR) is 65.6 cm³/mol. The Labute approximate surface area is 97.4 Å². The summed E-state index contributed by atoms with van der Waals surface area (Å²) in [5.74, 6) is 0.320. The molecule has 16 heavy (non-hydrogen) atoms. The summed E-state index contributed by atoms with van der Waals surface area (Å²) in [5, 5.41) is 12.7. The normalized spacial score (nSPS) is 12.6. The number of rotatable bonds is 7. The SMILES string of the molecule is CCOCCCNC(C)c1cccc(O)c1. The lowest BCUT2D eigenvalue weighted by Crippen LogP contribution is -2.20. The minimum absolute atomic E-state index is 0.258. The number of aromatic hydroxyl groups is 1. The van der Waals surface area contributed by atoms with Crippen LogP contribution in [0.15, 0.2) is 24.3 Å². The topological polar surface area (TPSA) is 41.5 Å². The molecule has 1 atom stereocenters. The van der Waals surface area contributed by atoms with Crippen LogP contribution < -0.4 is 5.32 Å². The van der Waals surface area contributed by atoms with Gasteiger partial charge in [0.1, 0.15) is 5.75 Å². The minimum Gasteiger partial charge on any atom is -0.508 e. The number of hydrogen-bond acceptors (Lipinski definition) is 3. The van der Waals surface area contributed by atoms with E-state index in [2.05, 4.69) is 12.2 Å². The monoisotopic (exact) mass is 223 g/mol. The molecule has 90 valence electrons. The van der Waals surface area contributed by atoms with Gasteiger partial charge in [-0.15, -0.1) is 0 Å². The van der Waals surface area contributed by atoms with E-state index in [-0.39, 0.29) is 6.04 Å². The Morgan fingerprint density at radius 2 is 2.25 bits per heavy atom. The Morgan fingerprint density at radius 3 is 2.94 bits per heavy atom. The minimum atomic E-state index is 0.258. The summed E-state index contributed by atoms with van der Waals surface area (Å²) in [4.78, 5) is 0. The Morgan fingerprint density at radius 1 is 1.44 bits per heavy atom. The average molecular weight is 223 g/mol. The molecule has 0 aliphatic carbocycles. The van der Waals surface area contributed by atoms with Crippen molar-refractivity contribution >= 4 is 0 Å². The van der Waals surface area contributed by atoms with Crippen LogP contribution in [0.25, 0.3) is 0 Å². The molecule has 0 aliphatic rings. The zero-order valence-corrected chi connectivity index (χ0v) is 10.1. The molecule has 0 fully saturated rings. The Balaban J connectivity index is 2.27. The second kappa shape index (κ2) is 7.25. The molecule has 0 amide bonds. The zero-order chi connectivity index (χ0) is 11.8. The third-order valence-electron chi connectivity index (χ3n) is 2.49. The molecule has 0 radical (unpaired) electrons. The van der Waals surface area contributed by atoms with Crippen LogP contribution in [-0.2, 0) is 4.74 Å². The highest BCUT2D eigenvalue weighted by atomic mass is 16.5. The van der Waals surface area contributed by atoms with Crippen LogP contribution in [0.2, 0.25) is 0 Å². The van der Waals surface area contributed by atoms with Gasteiger partial charge in [-0.25, -0.2) is 0 Å². The van der Waals surface area contributed by atoms with Crippen molar-refractivity contribution in [3.63, 3.8) is 0 Å². The van der Waals surface area contributed by atoms with E-state index >= 15 is 0 Å². The van der Waals surface area contributed by atoms with Gasteiger partial charge in [0.05, 0.1) is 0 Å². The van der Waals surface area contributed by atoms with Crippen LogP contribution in [0.3, 0.4) is 0 Å². The van der Waals surface area contributed by atoms with Crippen molar-refractivity contribution in [2.45, 2.75) is 26.3 Å². The van der Waals surface area contributed by atoms with Gasteiger partial charge in [-0.1, -0.05) is 12.1 Å². The van der Waals surface area contributed by atoms with Gasteiger partial charge in [0.2, 0.25) is 0 Å². The number of benzene rings is 1. The van der Waals surface area contributed by atoms with Crippen LogP contribution in [0.4, 0.5) is 0 Å². The molecule has 0 saturated heterocycles. The van der Waals surface area contributed by atoms with Gasteiger partial charge in [-0.3, -0.25) is 0 Å². The Hall–Kier alpha value is -1.06. The first-order chi connectivity index (χ1) is 7.74. The lowest BCUT2D eigenvalue weighted by atomic mass is 10.1. The van der Waals surface area contributed by atoms with Gasteiger partial charge in [0.15, 0.2) is 0 Å². The molecule has 1 unspecified atom stereocenters. The van der Waals surface area contributed by atoms with Crippen molar-refractivity contribution in [3.8, 4) is 5.75 Å². The van der Waals surface area contributed by atoms with Crippen molar-refractivity contribution < 1.29 is 9.84 Å². The molecule has 0 aromatic heterocycles. The molecule has 0 bridgehead atoms. The number of phenols is 1. The molecule has 0 saturated carbocycles. The van der Waals surface area contributed by atoms with Gasteiger partial charge in [0.25, 0.3) is 0 Å². The molecular weight excluding hydrogens is 202 g/mol. The van der Waals surface area contributed by atoms with E-state index in [9.17, 15) is 5.11 Å². The predicted octanol–water partition coefficient (Wildman–Crippen LogP) is 2.47. The summed E-state index contributed by atoms with van der Waals surface area (Å²) in [6, 6.07) is 7.61. The molecular formula is C13H21NO2. The summed E-state index contributed by atoms with van der Waals surface area (Å²) >= 11 is 0. The maximum Gasteiger partial charge on any atom is 0.115 e. The first-order valence-electron chi connectivity index (χ1n) is 5.84. The molecule has 0 heterocycles. The second-order valence-corrected chi connectivity index (χ2v) is 3.82. The fourth-order valence-corrected chi connectivity index (χ4v) is 1.55. The third kappa shape index (κ3) is 4.64. The van der Waals surface area contributed by atoms with Gasteiger partial charge in [-0.2, -0.15) is 0 Å². The standard InChI is InChI=1S/C13H21NO2/c1-3-16-9-5-8-14-11(2)12-6-4-7-13(15)10-12/h4,6-7,10-11,14-15H,3,5,8-9H2,1-2H3. The maximum absolute atomic E-state index is 9.36. The highest BCUT2D eigenvalue weighted by Crippen LogP contribution is 2.17. The van der Waals surface area contributed by atoms with Gasteiger partial charge in [0, 0.05) is 19.3 Å². The Kier molecular flexibility index (Phi) is 5.90. The van der Waals surface area contributed by atoms with Crippen LogP contribution in [-0.4, -0.2) is 24.9 Å². The highest BCUT2D eigenvalue weighted by Gasteiger charge is 2.04. The number of ether oxygens (including phenoxy) is 1. The second-order valence-electron chi connectivity index (χ2n) is 3.82. The van der Waals surface area contributed by atoms with E-state index in [4.69, 9.17) is 4.74 Å². The molecule has 3 heteroatoms. The van der Waals surface area contributed by atoms with Crippen molar-refractivity contribution in [1.82, 2.24) is 5.32 Å². The molecule has 1 aromatic carbocycles. The summed E-state index contributed by atoms with van der Waals surface area (Å²) < 4.78 is 5.26. The maximum atomic E-state index is 9.36. The van der Waals surface area contributed by atoms with E-state index in [0.29, 0.717) is 5.75 Å². The van der Waals surface area contributed by atoms with Crippen molar-refractivity contribution in [1.29, 1.82) is 0 Å².